The van der Waals surface area contributed by atoms with Crippen molar-refractivity contribution in [1.82, 2.24) is 0 Å². The second kappa shape index (κ2) is 5.46. The molecule has 0 saturated heterocycles. The molecule has 0 radical (unpaired) electrons. The Morgan fingerprint density at radius 1 is 1.20 bits per heavy atom. The van der Waals surface area contributed by atoms with Crippen LogP contribution in [0.15, 0.2) is 29.2 Å². The van der Waals surface area contributed by atoms with Gasteiger partial charge in [0.15, 0.2) is 0 Å². The summed E-state index contributed by atoms with van der Waals surface area (Å²) in [5.41, 5.74) is 0. The van der Waals surface area contributed by atoms with Crippen molar-refractivity contribution < 1.29 is 17.3 Å². The Labute approximate surface area is 93.9 Å². The molecule has 15 heavy (non-hydrogen) atoms. The Morgan fingerprint density at radius 2 is 1.80 bits per heavy atom. The quantitative estimate of drug-likeness (QED) is 0.590. The highest BCUT2D eigenvalue weighted by molar-refractivity contribution is 7.86. The maximum absolute atomic E-state index is 11.5. The Bertz CT molecular complexity index is 399. The number of benzene rings is 1. The molecule has 1 rings (SSSR count). The summed E-state index contributed by atoms with van der Waals surface area (Å²) >= 11 is 5.63. The van der Waals surface area contributed by atoms with Gasteiger partial charge in [0.1, 0.15) is 0 Å². The number of rotatable bonds is 5. The van der Waals surface area contributed by atoms with Gasteiger partial charge in [-0.2, -0.15) is 8.42 Å². The number of hydrogen-bond donors (Lipinski definition) is 0. The third-order valence-corrected chi connectivity index (χ3v) is 3.21. The number of ether oxygens (including phenoxy) is 1. The lowest BCUT2D eigenvalue weighted by atomic mass is 10.4. The van der Waals surface area contributed by atoms with Crippen LogP contribution >= 0.6 is 11.6 Å². The van der Waals surface area contributed by atoms with E-state index in [9.17, 15) is 8.42 Å². The molecule has 84 valence electrons. The van der Waals surface area contributed by atoms with Crippen molar-refractivity contribution in [2.45, 2.75) is 4.90 Å². The van der Waals surface area contributed by atoms with Crippen molar-refractivity contribution in [2.24, 2.45) is 0 Å². The highest BCUT2D eigenvalue weighted by Crippen LogP contribution is 2.15. The summed E-state index contributed by atoms with van der Waals surface area (Å²) in [5, 5.41) is 0.478. The van der Waals surface area contributed by atoms with Crippen molar-refractivity contribution >= 4 is 21.7 Å². The molecule has 0 amide bonds. The lowest BCUT2D eigenvalue weighted by Crippen LogP contribution is -2.10. The molecule has 0 aliphatic rings. The van der Waals surface area contributed by atoms with E-state index >= 15 is 0 Å². The minimum atomic E-state index is -3.69. The predicted octanol–water partition coefficient (Wildman–Crippen LogP) is 1.69. The first kappa shape index (κ1) is 12.4. The molecule has 0 aromatic heterocycles. The summed E-state index contributed by atoms with van der Waals surface area (Å²) in [5.74, 6) is 0. The van der Waals surface area contributed by atoms with Gasteiger partial charge < -0.3 is 4.74 Å². The Balaban J connectivity index is 2.73. The highest BCUT2D eigenvalue weighted by atomic mass is 35.5. The molecule has 0 unspecified atom stereocenters. The van der Waals surface area contributed by atoms with Crippen molar-refractivity contribution in [1.29, 1.82) is 0 Å². The molecule has 6 heteroatoms. The van der Waals surface area contributed by atoms with E-state index in [1.165, 1.54) is 31.4 Å². The van der Waals surface area contributed by atoms with E-state index in [-0.39, 0.29) is 18.1 Å². The van der Waals surface area contributed by atoms with E-state index in [1.807, 2.05) is 0 Å². The third kappa shape index (κ3) is 3.79. The molecule has 0 spiro atoms. The molecular formula is C9H11ClO4S. The molecule has 4 nitrogen and oxygen atoms in total. The monoisotopic (exact) mass is 250 g/mol. The number of hydrogen-bond acceptors (Lipinski definition) is 4. The largest absolute Gasteiger partial charge is 0.382 e. The molecule has 0 heterocycles. The van der Waals surface area contributed by atoms with Crippen LogP contribution in [-0.4, -0.2) is 28.7 Å². The highest BCUT2D eigenvalue weighted by Gasteiger charge is 2.14. The fourth-order valence-corrected chi connectivity index (χ4v) is 1.92. The summed E-state index contributed by atoms with van der Waals surface area (Å²) in [4.78, 5) is 0.0861. The summed E-state index contributed by atoms with van der Waals surface area (Å²) in [6.45, 7) is 0.230. The summed E-state index contributed by atoms with van der Waals surface area (Å²) in [6.07, 6.45) is 0. The Hall–Kier alpha value is -0.620. The van der Waals surface area contributed by atoms with Crippen molar-refractivity contribution in [2.75, 3.05) is 20.3 Å². The minimum Gasteiger partial charge on any atom is -0.382 e. The van der Waals surface area contributed by atoms with Gasteiger partial charge in [-0.25, -0.2) is 0 Å². The van der Waals surface area contributed by atoms with E-state index in [2.05, 4.69) is 4.74 Å². The van der Waals surface area contributed by atoms with Crippen LogP contribution in [0.5, 0.6) is 0 Å². The lowest BCUT2D eigenvalue weighted by Gasteiger charge is -2.04. The average Bonchev–Trinajstić information content (AvgIpc) is 2.18. The van der Waals surface area contributed by atoms with Gasteiger partial charge in [0.2, 0.25) is 0 Å². The Kier molecular flexibility index (Phi) is 4.53. The molecule has 0 bridgehead atoms. The lowest BCUT2D eigenvalue weighted by molar-refractivity contribution is 0.149. The third-order valence-electron chi connectivity index (χ3n) is 1.63. The zero-order valence-electron chi connectivity index (χ0n) is 8.14. The topological polar surface area (TPSA) is 52.6 Å². The summed E-state index contributed by atoms with van der Waals surface area (Å²) < 4.78 is 32.4. The van der Waals surface area contributed by atoms with Crippen LogP contribution in [0, 0.1) is 0 Å². The molecular weight excluding hydrogens is 240 g/mol. The summed E-state index contributed by atoms with van der Waals surface area (Å²) in [6, 6.07) is 5.77. The average molecular weight is 251 g/mol. The van der Waals surface area contributed by atoms with Gasteiger partial charge in [-0.15, -0.1) is 0 Å². The normalized spacial score (nSPS) is 11.6. The molecule has 0 saturated carbocycles. The number of methoxy groups -OCH3 is 1. The zero-order valence-corrected chi connectivity index (χ0v) is 9.72. The van der Waals surface area contributed by atoms with Crippen LogP contribution in [0.4, 0.5) is 0 Å². The first-order chi connectivity index (χ1) is 7.06. The fourth-order valence-electron chi connectivity index (χ4n) is 0.896. The molecule has 0 aliphatic carbocycles. The summed E-state index contributed by atoms with van der Waals surface area (Å²) in [7, 11) is -2.22. The second-order valence-corrected chi connectivity index (χ2v) is 4.77. The molecule has 0 aliphatic heterocycles. The minimum absolute atomic E-state index is 0.00145. The maximum Gasteiger partial charge on any atom is 0.297 e. The van der Waals surface area contributed by atoms with Crippen molar-refractivity contribution in [3.8, 4) is 0 Å². The SMILES string of the molecule is COCCOS(=O)(=O)c1ccc(Cl)cc1. The first-order valence-corrected chi connectivity index (χ1v) is 5.99. The van der Waals surface area contributed by atoms with Crippen LogP contribution in [0.2, 0.25) is 5.02 Å². The molecule has 1 aromatic carbocycles. The van der Waals surface area contributed by atoms with E-state index < -0.39 is 10.1 Å². The van der Waals surface area contributed by atoms with E-state index in [1.54, 1.807) is 0 Å². The van der Waals surface area contributed by atoms with Crippen molar-refractivity contribution in [3.63, 3.8) is 0 Å². The molecule has 0 atom stereocenters. The smallest absolute Gasteiger partial charge is 0.297 e. The first-order valence-electron chi connectivity index (χ1n) is 4.20. The van der Waals surface area contributed by atoms with Crippen LogP contribution in [0.25, 0.3) is 0 Å². The number of halogens is 1. The van der Waals surface area contributed by atoms with Crippen LogP contribution in [0.1, 0.15) is 0 Å². The molecule has 0 fully saturated rings. The van der Waals surface area contributed by atoms with Gasteiger partial charge in [0.25, 0.3) is 10.1 Å². The van der Waals surface area contributed by atoms with Crippen LogP contribution in [0.3, 0.4) is 0 Å². The fraction of sp³-hybridized carbons (Fsp3) is 0.333. The van der Waals surface area contributed by atoms with Crippen LogP contribution in [-0.2, 0) is 19.0 Å². The predicted molar refractivity (Wildman–Crippen MR) is 56.5 cm³/mol. The van der Waals surface area contributed by atoms with E-state index in [0.29, 0.717) is 5.02 Å². The van der Waals surface area contributed by atoms with Gasteiger partial charge in [-0.3, -0.25) is 4.18 Å². The van der Waals surface area contributed by atoms with Gasteiger partial charge in [-0.05, 0) is 24.3 Å². The van der Waals surface area contributed by atoms with Crippen molar-refractivity contribution in [3.05, 3.63) is 29.3 Å². The van der Waals surface area contributed by atoms with Gasteiger partial charge in [-0.1, -0.05) is 11.6 Å². The standard InChI is InChI=1S/C9H11ClO4S/c1-13-6-7-14-15(11,12)9-4-2-8(10)3-5-9/h2-5H,6-7H2,1H3. The van der Waals surface area contributed by atoms with Crippen LogP contribution < -0.4 is 0 Å². The molecule has 0 N–H and O–H groups in total. The van der Waals surface area contributed by atoms with Gasteiger partial charge in [0.05, 0.1) is 18.1 Å². The second-order valence-electron chi connectivity index (χ2n) is 2.72. The van der Waals surface area contributed by atoms with E-state index in [4.69, 9.17) is 15.8 Å². The van der Waals surface area contributed by atoms with Gasteiger partial charge >= 0.3 is 0 Å². The maximum atomic E-state index is 11.5. The molecule has 1 aromatic rings. The van der Waals surface area contributed by atoms with Gasteiger partial charge in [0, 0.05) is 12.1 Å². The Morgan fingerprint density at radius 3 is 2.33 bits per heavy atom. The van der Waals surface area contributed by atoms with E-state index in [0.717, 1.165) is 0 Å². The zero-order chi connectivity index (χ0) is 11.3.